The lowest BCUT2D eigenvalue weighted by atomic mass is 9.94. The number of benzene rings is 1. The Morgan fingerprint density at radius 2 is 2.05 bits per heavy atom. The first kappa shape index (κ1) is 15.5. The molecule has 6 heteroatoms. The van der Waals surface area contributed by atoms with Crippen molar-refractivity contribution in [3.8, 4) is 11.8 Å². The summed E-state index contributed by atoms with van der Waals surface area (Å²) in [5.74, 6) is -1.11. The van der Waals surface area contributed by atoms with E-state index < -0.39 is 17.3 Å². The standard InChI is InChI=1S/C14H16N2O4/c1-14(2,13(18)19)9-16-12(17)8-20-11-6-4-3-5-10(11)7-15/h3-6H,8-9H2,1-2H3,(H,16,17)(H,18,19). The van der Waals surface area contributed by atoms with E-state index in [0.29, 0.717) is 11.3 Å². The minimum atomic E-state index is -1.04. The molecule has 0 heterocycles. The fraction of sp³-hybridized carbons (Fsp3) is 0.357. The highest BCUT2D eigenvalue weighted by atomic mass is 16.5. The third kappa shape index (κ3) is 4.28. The lowest BCUT2D eigenvalue weighted by Gasteiger charge is -2.19. The zero-order valence-corrected chi connectivity index (χ0v) is 11.3. The highest BCUT2D eigenvalue weighted by Crippen LogP contribution is 2.16. The Bertz CT molecular complexity index is 546. The van der Waals surface area contributed by atoms with Crippen LogP contribution in [0.3, 0.4) is 0 Å². The highest BCUT2D eigenvalue weighted by molar-refractivity contribution is 5.79. The van der Waals surface area contributed by atoms with Gasteiger partial charge >= 0.3 is 5.97 Å². The van der Waals surface area contributed by atoms with Gasteiger partial charge in [-0.25, -0.2) is 0 Å². The molecule has 0 atom stereocenters. The largest absolute Gasteiger partial charge is 0.482 e. The van der Waals surface area contributed by atoms with Crippen LogP contribution in [0.1, 0.15) is 19.4 Å². The third-order valence-electron chi connectivity index (χ3n) is 2.67. The second-order valence-electron chi connectivity index (χ2n) is 4.86. The van der Waals surface area contributed by atoms with Crippen molar-refractivity contribution in [1.29, 1.82) is 5.26 Å². The Balaban J connectivity index is 2.49. The van der Waals surface area contributed by atoms with Crippen molar-refractivity contribution < 1.29 is 19.4 Å². The predicted molar refractivity (Wildman–Crippen MR) is 71.1 cm³/mol. The van der Waals surface area contributed by atoms with Gasteiger partial charge in [-0.1, -0.05) is 12.1 Å². The molecule has 0 aliphatic rings. The Labute approximate surface area is 117 Å². The highest BCUT2D eigenvalue weighted by Gasteiger charge is 2.27. The normalized spacial score (nSPS) is 10.4. The topological polar surface area (TPSA) is 99.4 Å². The van der Waals surface area contributed by atoms with Gasteiger partial charge in [-0.3, -0.25) is 9.59 Å². The van der Waals surface area contributed by atoms with E-state index in [2.05, 4.69) is 5.32 Å². The summed E-state index contributed by atoms with van der Waals surface area (Å²) >= 11 is 0. The third-order valence-corrected chi connectivity index (χ3v) is 2.67. The molecule has 0 spiro atoms. The second kappa shape index (κ2) is 6.57. The number of amides is 1. The number of ether oxygens (including phenoxy) is 1. The Morgan fingerprint density at radius 3 is 2.65 bits per heavy atom. The van der Waals surface area contributed by atoms with Gasteiger partial charge in [0.05, 0.1) is 11.0 Å². The molecule has 1 amide bonds. The Kier molecular flexibility index (Phi) is 5.09. The van der Waals surface area contributed by atoms with Gasteiger partial charge in [0.25, 0.3) is 5.91 Å². The van der Waals surface area contributed by atoms with Gasteiger partial charge in [0.1, 0.15) is 11.8 Å². The number of nitriles is 1. The van der Waals surface area contributed by atoms with Crippen LogP contribution in [0.4, 0.5) is 0 Å². The Morgan fingerprint density at radius 1 is 1.40 bits per heavy atom. The molecule has 0 aromatic heterocycles. The van der Waals surface area contributed by atoms with Crippen molar-refractivity contribution in [3.05, 3.63) is 29.8 Å². The average molecular weight is 276 g/mol. The molecule has 1 aromatic carbocycles. The summed E-state index contributed by atoms with van der Waals surface area (Å²) in [7, 11) is 0. The lowest BCUT2D eigenvalue weighted by Crippen LogP contribution is -2.40. The van der Waals surface area contributed by atoms with Crippen molar-refractivity contribution in [3.63, 3.8) is 0 Å². The molecule has 1 rings (SSSR count). The van der Waals surface area contributed by atoms with Crippen molar-refractivity contribution in [2.24, 2.45) is 5.41 Å². The molecule has 0 radical (unpaired) electrons. The van der Waals surface area contributed by atoms with Crippen LogP contribution in [0.25, 0.3) is 0 Å². The molecular formula is C14H16N2O4. The van der Waals surface area contributed by atoms with Crippen molar-refractivity contribution in [2.45, 2.75) is 13.8 Å². The van der Waals surface area contributed by atoms with Crippen LogP contribution in [0.15, 0.2) is 24.3 Å². The van der Waals surface area contributed by atoms with Crippen LogP contribution >= 0.6 is 0 Å². The number of hydrogen-bond acceptors (Lipinski definition) is 4. The first-order valence-electron chi connectivity index (χ1n) is 5.99. The Hall–Kier alpha value is -2.55. The fourth-order valence-electron chi connectivity index (χ4n) is 1.27. The molecule has 0 aliphatic carbocycles. The van der Waals surface area contributed by atoms with Crippen molar-refractivity contribution >= 4 is 11.9 Å². The predicted octanol–water partition coefficient (Wildman–Crippen LogP) is 1.16. The molecule has 0 unspecified atom stereocenters. The number of carboxylic acid groups (broad SMARTS) is 1. The number of carboxylic acids is 1. The van der Waals surface area contributed by atoms with E-state index in [1.807, 2.05) is 6.07 Å². The van der Waals surface area contributed by atoms with Crippen LogP contribution in [0, 0.1) is 16.7 Å². The zero-order chi connectivity index (χ0) is 15.2. The van der Waals surface area contributed by atoms with E-state index in [4.69, 9.17) is 15.1 Å². The maximum absolute atomic E-state index is 11.6. The number of rotatable bonds is 6. The maximum atomic E-state index is 11.6. The zero-order valence-electron chi connectivity index (χ0n) is 11.3. The van der Waals surface area contributed by atoms with Crippen molar-refractivity contribution in [1.82, 2.24) is 5.32 Å². The van der Waals surface area contributed by atoms with E-state index in [-0.39, 0.29) is 13.2 Å². The second-order valence-corrected chi connectivity index (χ2v) is 4.86. The first-order valence-corrected chi connectivity index (χ1v) is 5.99. The monoisotopic (exact) mass is 276 g/mol. The maximum Gasteiger partial charge on any atom is 0.310 e. The number of carbonyl (C=O) groups excluding carboxylic acids is 1. The lowest BCUT2D eigenvalue weighted by molar-refractivity contribution is -0.146. The van der Waals surface area contributed by atoms with Crippen molar-refractivity contribution in [2.75, 3.05) is 13.2 Å². The summed E-state index contributed by atoms with van der Waals surface area (Å²) in [6, 6.07) is 8.52. The van der Waals surface area contributed by atoms with Gasteiger partial charge in [0.2, 0.25) is 0 Å². The van der Waals surface area contributed by atoms with E-state index in [1.165, 1.54) is 13.8 Å². The molecule has 2 N–H and O–H groups in total. The number of aliphatic carboxylic acids is 1. The number of nitrogens with zero attached hydrogens (tertiary/aromatic N) is 1. The van der Waals surface area contributed by atoms with E-state index in [0.717, 1.165) is 0 Å². The summed E-state index contributed by atoms with van der Waals surface area (Å²) in [6.45, 7) is 2.77. The van der Waals surface area contributed by atoms with Gasteiger partial charge in [-0.05, 0) is 26.0 Å². The molecule has 20 heavy (non-hydrogen) atoms. The van der Waals surface area contributed by atoms with Gasteiger partial charge in [-0.15, -0.1) is 0 Å². The smallest absolute Gasteiger partial charge is 0.310 e. The molecule has 0 fully saturated rings. The van der Waals surface area contributed by atoms with E-state index in [1.54, 1.807) is 24.3 Å². The number of para-hydroxylation sites is 1. The first-order chi connectivity index (χ1) is 9.36. The minimum Gasteiger partial charge on any atom is -0.482 e. The molecule has 0 bridgehead atoms. The van der Waals surface area contributed by atoms with Gasteiger partial charge in [0, 0.05) is 6.54 Å². The number of carbonyl (C=O) groups is 2. The SMILES string of the molecule is CC(C)(CNC(=O)COc1ccccc1C#N)C(=O)O. The minimum absolute atomic E-state index is 0.00439. The average Bonchev–Trinajstić information content (AvgIpc) is 2.43. The number of nitrogens with one attached hydrogen (secondary N) is 1. The molecule has 6 nitrogen and oxygen atoms in total. The molecule has 0 saturated carbocycles. The van der Waals surface area contributed by atoms with Crippen LogP contribution < -0.4 is 10.1 Å². The van der Waals surface area contributed by atoms with Gasteiger partial charge in [-0.2, -0.15) is 5.26 Å². The summed E-state index contributed by atoms with van der Waals surface area (Å²) < 4.78 is 5.23. The van der Waals surface area contributed by atoms with Gasteiger partial charge in [0.15, 0.2) is 6.61 Å². The van der Waals surface area contributed by atoms with Crippen LogP contribution in [0.5, 0.6) is 5.75 Å². The molecule has 0 saturated heterocycles. The summed E-state index contributed by atoms with van der Waals surface area (Å²) in [5.41, 5.74) is -0.702. The van der Waals surface area contributed by atoms with E-state index in [9.17, 15) is 9.59 Å². The summed E-state index contributed by atoms with van der Waals surface area (Å²) in [4.78, 5) is 22.5. The van der Waals surface area contributed by atoms with Crippen LogP contribution in [-0.4, -0.2) is 30.1 Å². The fourth-order valence-corrected chi connectivity index (χ4v) is 1.27. The van der Waals surface area contributed by atoms with Crippen LogP contribution in [-0.2, 0) is 9.59 Å². The molecule has 106 valence electrons. The van der Waals surface area contributed by atoms with Crippen LogP contribution in [0.2, 0.25) is 0 Å². The van der Waals surface area contributed by atoms with Gasteiger partial charge < -0.3 is 15.2 Å². The quantitative estimate of drug-likeness (QED) is 0.812. The summed E-state index contributed by atoms with van der Waals surface area (Å²) in [6.07, 6.45) is 0. The molecular weight excluding hydrogens is 260 g/mol. The number of hydrogen-bond donors (Lipinski definition) is 2. The molecule has 1 aromatic rings. The summed E-state index contributed by atoms with van der Waals surface area (Å²) in [5, 5.41) is 20.3. The molecule has 0 aliphatic heterocycles. The van der Waals surface area contributed by atoms with E-state index >= 15 is 0 Å².